The van der Waals surface area contributed by atoms with Crippen molar-refractivity contribution < 1.29 is 22.4 Å². The predicted molar refractivity (Wildman–Crippen MR) is 88.2 cm³/mol. The van der Waals surface area contributed by atoms with Crippen molar-refractivity contribution in [2.24, 2.45) is 0 Å². The maximum absolute atomic E-state index is 13.7. The first-order valence-corrected chi connectivity index (χ1v) is 7.82. The highest BCUT2D eigenvalue weighted by Gasteiger charge is 2.24. The van der Waals surface area contributed by atoms with E-state index in [0.29, 0.717) is 16.9 Å². The van der Waals surface area contributed by atoms with E-state index in [0.717, 1.165) is 5.69 Å². The monoisotopic (exact) mass is 369 g/mol. The van der Waals surface area contributed by atoms with Crippen molar-refractivity contribution in [2.45, 2.75) is 0 Å². The van der Waals surface area contributed by atoms with E-state index in [2.05, 4.69) is 10.3 Å². The molecule has 0 saturated carbocycles. The quantitative estimate of drug-likeness (QED) is 0.428. The molecule has 2 aromatic carbocycles. The van der Waals surface area contributed by atoms with Gasteiger partial charge in [0.2, 0.25) is 0 Å². The molecule has 1 amide bonds. The summed E-state index contributed by atoms with van der Waals surface area (Å²) in [6.45, 7) is 0. The molecule has 0 bridgehead atoms. The fourth-order valence-corrected chi connectivity index (χ4v) is 3.03. The number of aromatic nitrogens is 1. The number of anilines is 2. The minimum absolute atomic E-state index is 0.167. The van der Waals surface area contributed by atoms with Crippen LogP contribution in [0.2, 0.25) is 0 Å². The number of thiazole rings is 1. The summed E-state index contributed by atoms with van der Waals surface area (Å²) in [5.74, 6) is -7.55. The number of nitrogens with zero attached hydrogens (tertiary/aromatic N) is 2. The Morgan fingerprint density at radius 1 is 1.00 bits per heavy atom. The molecule has 0 saturated heterocycles. The molecule has 0 aliphatic heterocycles. The highest BCUT2D eigenvalue weighted by atomic mass is 32.1. The van der Waals surface area contributed by atoms with Crippen LogP contribution in [-0.2, 0) is 0 Å². The molecule has 0 radical (unpaired) electrons. The molecule has 130 valence electrons. The van der Waals surface area contributed by atoms with Crippen molar-refractivity contribution in [1.29, 1.82) is 0 Å². The predicted octanol–water partition coefficient (Wildman–Crippen LogP) is 4.17. The fourth-order valence-electron chi connectivity index (χ4n) is 2.15. The second-order valence-electron chi connectivity index (χ2n) is 5.35. The van der Waals surface area contributed by atoms with E-state index in [1.165, 1.54) is 0 Å². The number of fused-ring (bicyclic) bond motifs is 1. The van der Waals surface area contributed by atoms with Crippen LogP contribution in [0.1, 0.15) is 10.4 Å². The van der Waals surface area contributed by atoms with Crippen LogP contribution < -0.4 is 10.2 Å². The second-order valence-corrected chi connectivity index (χ2v) is 6.35. The van der Waals surface area contributed by atoms with Gasteiger partial charge in [-0.3, -0.25) is 10.1 Å². The Balaban J connectivity index is 1.91. The van der Waals surface area contributed by atoms with Gasteiger partial charge in [0.15, 0.2) is 28.4 Å². The number of amides is 1. The molecule has 0 fully saturated rings. The topological polar surface area (TPSA) is 45.2 Å². The SMILES string of the molecule is CN(C)c1ccc(C(=O)Nc2nc3c(F)c(F)c(F)c(F)c3s2)cc1. The zero-order valence-electron chi connectivity index (χ0n) is 13.0. The third-order valence-corrected chi connectivity index (χ3v) is 4.44. The van der Waals surface area contributed by atoms with Crippen molar-refractivity contribution in [1.82, 2.24) is 4.98 Å². The molecule has 3 rings (SSSR count). The molecule has 1 heterocycles. The lowest BCUT2D eigenvalue weighted by atomic mass is 10.2. The summed E-state index contributed by atoms with van der Waals surface area (Å²) in [5, 5.41) is 2.20. The molecular formula is C16H11F4N3OS. The summed E-state index contributed by atoms with van der Waals surface area (Å²) in [7, 11) is 3.69. The van der Waals surface area contributed by atoms with Crippen molar-refractivity contribution in [3.8, 4) is 0 Å². The van der Waals surface area contributed by atoms with E-state index in [1.807, 2.05) is 19.0 Å². The Morgan fingerprint density at radius 2 is 1.60 bits per heavy atom. The molecule has 3 aromatic rings. The van der Waals surface area contributed by atoms with Crippen molar-refractivity contribution in [2.75, 3.05) is 24.3 Å². The van der Waals surface area contributed by atoms with Gasteiger partial charge in [0.05, 0.1) is 4.70 Å². The lowest BCUT2D eigenvalue weighted by molar-refractivity contribution is 0.102. The van der Waals surface area contributed by atoms with Gasteiger partial charge in [0, 0.05) is 25.3 Å². The summed E-state index contributed by atoms with van der Waals surface area (Å²) in [6.07, 6.45) is 0. The molecule has 0 aliphatic carbocycles. The summed E-state index contributed by atoms with van der Waals surface area (Å²) >= 11 is 0.519. The number of carbonyl (C=O) groups is 1. The smallest absolute Gasteiger partial charge is 0.257 e. The van der Waals surface area contributed by atoms with E-state index >= 15 is 0 Å². The molecule has 4 nitrogen and oxygen atoms in total. The number of hydrogen-bond donors (Lipinski definition) is 1. The molecule has 0 unspecified atom stereocenters. The Bertz CT molecular complexity index is 925. The summed E-state index contributed by atoms with van der Waals surface area (Å²) in [4.78, 5) is 17.7. The Labute approximate surface area is 143 Å². The van der Waals surface area contributed by atoms with Gasteiger partial charge in [-0.25, -0.2) is 22.5 Å². The zero-order chi connectivity index (χ0) is 18.3. The third-order valence-electron chi connectivity index (χ3n) is 3.48. The van der Waals surface area contributed by atoms with Crippen LogP contribution in [0.4, 0.5) is 28.4 Å². The molecular weight excluding hydrogens is 358 g/mol. The van der Waals surface area contributed by atoms with Crippen LogP contribution >= 0.6 is 11.3 Å². The molecule has 0 spiro atoms. The van der Waals surface area contributed by atoms with Gasteiger partial charge in [-0.1, -0.05) is 11.3 Å². The number of carbonyl (C=O) groups excluding carboxylic acids is 1. The first-order chi connectivity index (χ1) is 11.8. The van der Waals surface area contributed by atoms with E-state index in [-0.39, 0.29) is 5.13 Å². The first kappa shape index (κ1) is 17.2. The van der Waals surface area contributed by atoms with Crippen molar-refractivity contribution >= 4 is 38.3 Å². The van der Waals surface area contributed by atoms with Gasteiger partial charge >= 0.3 is 0 Å². The number of rotatable bonds is 3. The normalized spacial score (nSPS) is 11.0. The van der Waals surface area contributed by atoms with Gasteiger partial charge < -0.3 is 4.90 Å². The zero-order valence-corrected chi connectivity index (χ0v) is 13.8. The van der Waals surface area contributed by atoms with E-state index in [1.54, 1.807) is 24.3 Å². The maximum atomic E-state index is 13.7. The Morgan fingerprint density at radius 3 is 2.20 bits per heavy atom. The van der Waals surface area contributed by atoms with Crippen LogP contribution in [0, 0.1) is 23.3 Å². The maximum Gasteiger partial charge on any atom is 0.257 e. The van der Waals surface area contributed by atoms with Crippen molar-refractivity contribution in [3.05, 3.63) is 53.1 Å². The largest absolute Gasteiger partial charge is 0.378 e. The van der Waals surface area contributed by atoms with Crippen molar-refractivity contribution in [3.63, 3.8) is 0 Å². The summed E-state index contributed by atoms with van der Waals surface area (Å²) in [5.41, 5.74) is 0.509. The molecule has 9 heteroatoms. The van der Waals surface area contributed by atoms with Gasteiger partial charge in [-0.15, -0.1) is 0 Å². The lowest BCUT2D eigenvalue weighted by Gasteiger charge is -2.12. The number of nitrogens with one attached hydrogen (secondary N) is 1. The van der Waals surface area contributed by atoms with Crippen LogP contribution in [0.25, 0.3) is 10.2 Å². The minimum Gasteiger partial charge on any atom is -0.378 e. The number of benzene rings is 2. The van der Waals surface area contributed by atoms with E-state index in [9.17, 15) is 22.4 Å². The highest BCUT2D eigenvalue weighted by Crippen LogP contribution is 2.33. The molecule has 0 aliphatic rings. The van der Waals surface area contributed by atoms with Gasteiger partial charge in [-0.2, -0.15) is 0 Å². The van der Waals surface area contributed by atoms with E-state index < -0.39 is 39.4 Å². The Hall–Kier alpha value is -2.68. The van der Waals surface area contributed by atoms with Gasteiger partial charge in [0.25, 0.3) is 5.91 Å². The molecule has 1 aromatic heterocycles. The van der Waals surface area contributed by atoms with Crippen LogP contribution in [-0.4, -0.2) is 25.0 Å². The number of halogens is 4. The van der Waals surface area contributed by atoms with Gasteiger partial charge in [-0.05, 0) is 24.3 Å². The third kappa shape index (κ3) is 3.02. The average Bonchev–Trinajstić information content (AvgIpc) is 3.02. The molecule has 25 heavy (non-hydrogen) atoms. The summed E-state index contributed by atoms with van der Waals surface area (Å²) in [6, 6.07) is 6.58. The highest BCUT2D eigenvalue weighted by molar-refractivity contribution is 7.22. The molecule has 1 N–H and O–H groups in total. The molecule has 0 atom stereocenters. The second kappa shape index (κ2) is 6.32. The minimum atomic E-state index is -1.94. The fraction of sp³-hybridized carbons (Fsp3) is 0.125. The lowest BCUT2D eigenvalue weighted by Crippen LogP contribution is -2.13. The van der Waals surface area contributed by atoms with Crippen LogP contribution in [0.3, 0.4) is 0 Å². The van der Waals surface area contributed by atoms with Crippen LogP contribution in [0.5, 0.6) is 0 Å². The number of hydrogen-bond acceptors (Lipinski definition) is 4. The van der Waals surface area contributed by atoms with Crippen LogP contribution in [0.15, 0.2) is 24.3 Å². The van der Waals surface area contributed by atoms with E-state index in [4.69, 9.17) is 0 Å². The van der Waals surface area contributed by atoms with Gasteiger partial charge in [0.1, 0.15) is 5.52 Å². The standard InChI is InChI=1S/C16H11F4N3OS/c1-23(2)8-5-3-7(4-6-8)15(24)22-16-21-13-11(19)9(17)10(18)12(20)14(13)25-16/h3-6H,1-2H3,(H,21,22,24). The Kier molecular flexibility index (Phi) is 4.34. The average molecular weight is 369 g/mol. The summed E-state index contributed by atoms with van der Waals surface area (Å²) < 4.78 is 53.4. The first-order valence-electron chi connectivity index (χ1n) is 7.00.